The highest BCUT2D eigenvalue weighted by Gasteiger charge is 2.29. The Hall–Kier alpha value is -2.28. The number of imide groups is 1. The van der Waals surface area contributed by atoms with Gasteiger partial charge in [0.05, 0.1) is 21.3 Å². The summed E-state index contributed by atoms with van der Waals surface area (Å²) in [7, 11) is -2.34. The zero-order valence-electron chi connectivity index (χ0n) is 8.93. The van der Waals surface area contributed by atoms with Crippen LogP contribution in [-0.4, -0.2) is 30.1 Å². The van der Waals surface area contributed by atoms with Crippen molar-refractivity contribution in [2.24, 2.45) is 0 Å². The van der Waals surface area contributed by atoms with Gasteiger partial charge in [-0.15, -0.1) is 0 Å². The maximum absolute atomic E-state index is 11.7. The van der Waals surface area contributed by atoms with Gasteiger partial charge in [0.25, 0.3) is 11.8 Å². The fourth-order valence-corrected chi connectivity index (χ4v) is 2.47. The summed E-state index contributed by atoms with van der Waals surface area (Å²) in [6.07, 6.45) is 4.58. The van der Waals surface area contributed by atoms with Gasteiger partial charge in [-0.25, -0.2) is 0 Å². The fourth-order valence-electron chi connectivity index (χ4n) is 2.03. The van der Waals surface area contributed by atoms with Crippen molar-refractivity contribution in [1.82, 2.24) is 10.3 Å². The van der Waals surface area contributed by atoms with Crippen molar-refractivity contribution in [3.05, 3.63) is 27.9 Å². The predicted molar refractivity (Wildman–Crippen MR) is 62.8 cm³/mol. The van der Waals surface area contributed by atoms with E-state index in [1.165, 1.54) is 12.3 Å². The normalized spacial score (nSPS) is 16.3. The lowest BCUT2D eigenvalue weighted by atomic mass is 10.0. The molecule has 1 aromatic heterocycles. The number of carbonyl (C=O) groups excluding carboxylic acids is 2. The van der Waals surface area contributed by atoms with Gasteiger partial charge >= 0.3 is 0 Å². The predicted octanol–water partition coefficient (Wildman–Crippen LogP) is -2.02. The first-order valence-corrected chi connectivity index (χ1v) is 6.17. The van der Waals surface area contributed by atoms with Gasteiger partial charge in [0.2, 0.25) is 10.3 Å². The lowest BCUT2D eigenvalue weighted by Gasteiger charge is -2.02. The maximum Gasteiger partial charge on any atom is 0.260 e. The van der Waals surface area contributed by atoms with Crippen molar-refractivity contribution in [1.29, 1.82) is 0 Å². The number of aromatic nitrogens is 1. The number of pyridine rings is 1. The van der Waals surface area contributed by atoms with E-state index in [0.717, 1.165) is 0 Å². The Balaban J connectivity index is 2.50. The molecule has 0 saturated heterocycles. The van der Waals surface area contributed by atoms with Crippen LogP contribution in [0.3, 0.4) is 0 Å². The molecule has 1 aliphatic heterocycles. The minimum Gasteiger partial charge on any atom is -0.288 e. The zero-order valence-corrected chi connectivity index (χ0v) is 9.74. The molecule has 3 rings (SSSR count). The SMILES string of the molecule is O=C1NC(=O)c2c1cnc1c2=CC(=S(=O)=O)CC=1. The molecule has 6 nitrogen and oxygen atoms in total. The van der Waals surface area contributed by atoms with Crippen LogP contribution in [0.5, 0.6) is 0 Å². The second-order valence-corrected chi connectivity index (χ2v) is 4.88. The molecule has 0 saturated carbocycles. The molecule has 2 heterocycles. The first-order chi connectivity index (χ1) is 8.58. The van der Waals surface area contributed by atoms with Gasteiger partial charge < -0.3 is 0 Å². The number of nitrogens with zero attached hydrogens (tertiary/aromatic N) is 1. The summed E-state index contributed by atoms with van der Waals surface area (Å²) in [6, 6.07) is 0. The third-order valence-corrected chi connectivity index (χ3v) is 3.57. The molecule has 7 heteroatoms. The van der Waals surface area contributed by atoms with E-state index in [4.69, 9.17) is 0 Å². The van der Waals surface area contributed by atoms with Crippen LogP contribution in [0, 0.1) is 0 Å². The van der Waals surface area contributed by atoms with Gasteiger partial charge in [0.15, 0.2) is 0 Å². The Morgan fingerprint density at radius 3 is 2.72 bits per heavy atom. The number of hydrogen-bond donors (Lipinski definition) is 1. The van der Waals surface area contributed by atoms with Crippen molar-refractivity contribution < 1.29 is 18.0 Å². The molecule has 2 aliphatic rings. The molecule has 0 bridgehead atoms. The first kappa shape index (κ1) is 10.8. The monoisotopic (exact) mass is 262 g/mol. The average molecular weight is 262 g/mol. The van der Waals surface area contributed by atoms with E-state index < -0.39 is 22.1 Å². The number of carbonyl (C=O) groups is 2. The summed E-state index contributed by atoms with van der Waals surface area (Å²) in [5, 5.41) is 3.07. The molecule has 0 radical (unpaired) electrons. The molecule has 0 atom stereocenters. The van der Waals surface area contributed by atoms with E-state index in [1.807, 2.05) is 0 Å². The second-order valence-electron chi connectivity index (χ2n) is 3.88. The quantitative estimate of drug-likeness (QED) is 0.430. The summed E-state index contributed by atoms with van der Waals surface area (Å²) in [5.41, 5.74) is 0.380. The number of nitrogens with one attached hydrogen (secondary N) is 1. The van der Waals surface area contributed by atoms with Crippen LogP contribution >= 0.6 is 0 Å². The van der Waals surface area contributed by atoms with Crippen LogP contribution in [0.1, 0.15) is 27.1 Å². The zero-order chi connectivity index (χ0) is 12.9. The molecule has 0 fully saturated rings. The van der Waals surface area contributed by atoms with Gasteiger partial charge in [-0.3, -0.25) is 19.9 Å². The lowest BCUT2D eigenvalue weighted by Crippen LogP contribution is -2.37. The van der Waals surface area contributed by atoms with E-state index >= 15 is 0 Å². The molecule has 90 valence electrons. The molecule has 2 amide bonds. The number of rotatable bonds is 0. The Bertz CT molecular complexity index is 857. The lowest BCUT2D eigenvalue weighted by molar-refractivity contribution is 0.0879. The van der Waals surface area contributed by atoms with E-state index in [1.54, 1.807) is 6.08 Å². The van der Waals surface area contributed by atoms with Crippen LogP contribution in [0.4, 0.5) is 0 Å². The molecule has 1 aromatic rings. The Morgan fingerprint density at radius 1 is 1.22 bits per heavy atom. The van der Waals surface area contributed by atoms with Crippen LogP contribution < -0.4 is 15.9 Å². The smallest absolute Gasteiger partial charge is 0.260 e. The molecule has 0 spiro atoms. The van der Waals surface area contributed by atoms with Gasteiger partial charge in [-0.2, -0.15) is 8.42 Å². The Morgan fingerprint density at radius 2 is 2.00 bits per heavy atom. The molecule has 1 aliphatic carbocycles. The highest BCUT2D eigenvalue weighted by molar-refractivity contribution is 7.73. The molecule has 1 N–H and O–H groups in total. The van der Waals surface area contributed by atoms with Crippen molar-refractivity contribution in [2.75, 3.05) is 0 Å². The van der Waals surface area contributed by atoms with Crippen LogP contribution in [0.2, 0.25) is 0 Å². The Kier molecular flexibility index (Phi) is 2.17. The van der Waals surface area contributed by atoms with E-state index in [2.05, 4.69) is 10.3 Å². The number of fused-ring (bicyclic) bond motifs is 3. The summed E-state index contributed by atoms with van der Waals surface area (Å²) in [6.45, 7) is 0. The third kappa shape index (κ3) is 1.41. The molecule has 0 unspecified atom stereocenters. The molecular weight excluding hydrogens is 256 g/mol. The van der Waals surface area contributed by atoms with Crippen molar-refractivity contribution in [2.45, 2.75) is 6.42 Å². The first-order valence-electron chi connectivity index (χ1n) is 5.09. The average Bonchev–Trinajstić information content (AvgIpc) is 2.64. The van der Waals surface area contributed by atoms with E-state index in [9.17, 15) is 18.0 Å². The van der Waals surface area contributed by atoms with Crippen LogP contribution in [0.15, 0.2) is 6.20 Å². The minimum atomic E-state index is -2.34. The van der Waals surface area contributed by atoms with E-state index in [0.29, 0.717) is 10.6 Å². The van der Waals surface area contributed by atoms with E-state index in [-0.39, 0.29) is 22.4 Å². The highest BCUT2D eigenvalue weighted by atomic mass is 32.2. The summed E-state index contributed by atoms with van der Waals surface area (Å²) in [5.74, 6) is -1.02. The minimum absolute atomic E-state index is 0.171. The second kappa shape index (κ2) is 3.61. The van der Waals surface area contributed by atoms with Gasteiger partial charge in [0, 0.05) is 17.8 Å². The number of amides is 2. The summed E-state index contributed by atoms with van der Waals surface area (Å²) >= 11 is 0. The third-order valence-electron chi connectivity index (χ3n) is 2.86. The molecular formula is C11H6N2O4S. The standard InChI is InChI=1S/C11H6N2O4S/c14-10-7-4-12-8-2-1-5(18(16)17)3-6(8)9(7)11(15)13-10/h2-4H,1H2,(H,13,14,15). The number of hydrogen-bond acceptors (Lipinski definition) is 5. The largest absolute Gasteiger partial charge is 0.288 e. The van der Waals surface area contributed by atoms with Crippen molar-refractivity contribution in [3.63, 3.8) is 0 Å². The summed E-state index contributed by atoms with van der Waals surface area (Å²) < 4.78 is 21.9. The van der Waals surface area contributed by atoms with Crippen molar-refractivity contribution in [3.8, 4) is 0 Å². The highest BCUT2D eigenvalue weighted by Crippen LogP contribution is 2.09. The van der Waals surface area contributed by atoms with Crippen LogP contribution in [0.25, 0.3) is 12.2 Å². The van der Waals surface area contributed by atoms with Gasteiger partial charge in [-0.05, 0) is 6.08 Å². The maximum atomic E-state index is 11.7. The molecule has 18 heavy (non-hydrogen) atoms. The van der Waals surface area contributed by atoms with Gasteiger partial charge in [-0.1, -0.05) is 6.08 Å². The van der Waals surface area contributed by atoms with Crippen LogP contribution in [-0.2, 0) is 10.3 Å². The Labute approximate surface area is 102 Å². The fraction of sp³-hybridized carbons (Fsp3) is 0.0909. The molecule has 0 aromatic carbocycles. The topological polar surface area (TPSA) is 93.2 Å². The summed E-state index contributed by atoms with van der Waals surface area (Å²) in [4.78, 5) is 27.3. The van der Waals surface area contributed by atoms with Gasteiger partial charge in [0.1, 0.15) is 0 Å². The van der Waals surface area contributed by atoms with Crippen molar-refractivity contribution >= 4 is 39.1 Å².